The summed E-state index contributed by atoms with van der Waals surface area (Å²) >= 11 is 0. The average Bonchev–Trinajstić information content (AvgIpc) is 3.38. The number of aliphatic hydroxyl groups is 2. The number of pyridine rings is 1. The van der Waals surface area contributed by atoms with Crippen molar-refractivity contribution in [1.82, 2.24) is 19.5 Å². The molecule has 5 rings (SSSR count). The topological polar surface area (TPSA) is 146 Å². The lowest BCUT2D eigenvalue weighted by Gasteiger charge is -2.17. The maximum Gasteiger partial charge on any atom is 0.180 e. The number of fused-ring (bicyclic) bond motifs is 2. The third-order valence-electron chi connectivity index (χ3n) is 5.84. The monoisotopic (exact) mass is 449 g/mol. The molecule has 0 unspecified atom stereocenters. The van der Waals surface area contributed by atoms with E-state index in [9.17, 15) is 15.0 Å². The van der Waals surface area contributed by atoms with Gasteiger partial charge in [-0.15, -0.1) is 0 Å². The van der Waals surface area contributed by atoms with Gasteiger partial charge in [0.2, 0.25) is 0 Å². The first-order valence-electron chi connectivity index (χ1n) is 10.6. The number of nitrogens with zero attached hydrogens (tertiary/aromatic N) is 4. The van der Waals surface area contributed by atoms with Crippen molar-refractivity contribution in [3.05, 3.63) is 54.6 Å². The second-order valence-corrected chi connectivity index (χ2v) is 7.90. The maximum atomic E-state index is 12.0. The molecule has 3 aromatic heterocycles. The molecule has 0 spiro atoms. The Morgan fingerprint density at radius 3 is 2.82 bits per heavy atom. The summed E-state index contributed by atoms with van der Waals surface area (Å²) in [6.45, 7) is 1.80. The second-order valence-electron chi connectivity index (χ2n) is 7.90. The zero-order valence-electron chi connectivity index (χ0n) is 17.8. The van der Waals surface area contributed by atoms with Gasteiger partial charge in [0, 0.05) is 24.1 Å². The van der Waals surface area contributed by atoms with Crippen molar-refractivity contribution in [1.29, 1.82) is 0 Å². The Balaban J connectivity index is 1.33. The Morgan fingerprint density at radius 1 is 1.18 bits per heavy atom. The number of anilines is 1. The number of carbonyl (C=O) groups is 1. The van der Waals surface area contributed by atoms with Crippen LogP contribution in [0.15, 0.2) is 48.9 Å². The van der Waals surface area contributed by atoms with E-state index in [0.717, 1.165) is 5.39 Å². The summed E-state index contributed by atoms with van der Waals surface area (Å²) in [7, 11) is 0. The summed E-state index contributed by atoms with van der Waals surface area (Å²) in [6, 6.07) is 10.6. The number of ether oxygens (including phenoxy) is 2. The number of carbonyl (C=O) groups excluding carboxylic acids is 1. The number of aliphatic hydroxyl groups excluding tert-OH is 2. The lowest BCUT2D eigenvalue weighted by atomic mass is 10.1. The maximum absolute atomic E-state index is 12.0. The first-order valence-corrected chi connectivity index (χ1v) is 10.6. The molecule has 4 aromatic rings. The van der Waals surface area contributed by atoms with Crippen LogP contribution in [-0.4, -0.2) is 60.4 Å². The molecule has 1 aliphatic rings. The normalized spacial score (nSPS) is 22.8. The van der Waals surface area contributed by atoms with E-state index in [1.165, 1.54) is 6.33 Å². The number of nitrogen functional groups attached to an aromatic ring is 1. The lowest BCUT2D eigenvalue weighted by Crippen LogP contribution is -2.34. The number of hydrogen-bond donors (Lipinski definition) is 3. The van der Waals surface area contributed by atoms with Crippen molar-refractivity contribution in [3.63, 3.8) is 0 Å². The molecule has 0 saturated carbocycles. The summed E-state index contributed by atoms with van der Waals surface area (Å²) in [5, 5.41) is 22.7. The van der Waals surface area contributed by atoms with Crippen LogP contribution in [0.1, 0.15) is 30.1 Å². The highest BCUT2D eigenvalue weighted by molar-refractivity contribution is 5.96. The molecule has 10 nitrogen and oxygen atoms in total. The Labute approximate surface area is 188 Å². The van der Waals surface area contributed by atoms with Crippen LogP contribution in [0, 0.1) is 0 Å². The zero-order valence-corrected chi connectivity index (χ0v) is 17.8. The fourth-order valence-corrected chi connectivity index (χ4v) is 3.99. The van der Waals surface area contributed by atoms with Crippen molar-refractivity contribution in [3.8, 4) is 5.75 Å². The van der Waals surface area contributed by atoms with Gasteiger partial charge in [0.05, 0.1) is 10.9 Å². The number of Topliss-reactive ketones (excluding diaryl/α,β-unsaturated/α-hetero) is 1. The number of nitrogens with two attached hydrogens (primary N) is 1. The number of ketones is 1. The molecule has 0 radical (unpaired) electrons. The molecule has 170 valence electrons. The van der Waals surface area contributed by atoms with Gasteiger partial charge >= 0.3 is 0 Å². The molecule has 0 aliphatic carbocycles. The number of benzene rings is 1. The summed E-state index contributed by atoms with van der Waals surface area (Å²) in [6.07, 6.45) is -0.599. The van der Waals surface area contributed by atoms with Gasteiger partial charge in [-0.05, 0) is 24.3 Å². The SMILES string of the molecule is CCC(=O)c1ccc2ccc(OC[C@H]3O[C@@H](n4ccc5c(N)ncnc54)[C@H](O)[C@@H]3O)cc2n1. The molecule has 1 aromatic carbocycles. The van der Waals surface area contributed by atoms with E-state index in [1.54, 1.807) is 42.0 Å². The standard InChI is InChI=1S/C23H23N5O5/c1-2-17(29)15-6-4-12-3-5-13(9-16(12)27-15)32-10-18-19(30)20(31)23(33-18)28-8-7-14-21(24)25-11-26-22(14)28/h3-9,11,18-20,23,30-31H,2,10H2,1H3,(H2,24,25,26)/t18-,19-,20-,23-/m1/s1. The number of rotatable bonds is 6. The minimum Gasteiger partial charge on any atom is -0.491 e. The fraction of sp³-hybridized carbons (Fsp3) is 0.304. The molecule has 1 saturated heterocycles. The van der Waals surface area contributed by atoms with Crippen LogP contribution in [0.4, 0.5) is 5.82 Å². The Kier molecular flexibility index (Phi) is 5.41. The van der Waals surface area contributed by atoms with Crippen LogP contribution in [0.2, 0.25) is 0 Å². The van der Waals surface area contributed by atoms with Crippen LogP contribution in [0.5, 0.6) is 5.75 Å². The largest absolute Gasteiger partial charge is 0.491 e. The molecule has 4 heterocycles. The van der Waals surface area contributed by atoms with Gasteiger partial charge in [-0.3, -0.25) is 4.79 Å². The van der Waals surface area contributed by atoms with Crippen molar-refractivity contribution in [2.45, 2.75) is 37.9 Å². The van der Waals surface area contributed by atoms with E-state index >= 15 is 0 Å². The third-order valence-corrected chi connectivity index (χ3v) is 5.84. The Morgan fingerprint density at radius 2 is 2.00 bits per heavy atom. The summed E-state index contributed by atoms with van der Waals surface area (Å²) < 4.78 is 13.4. The minimum atomic E-state index is -1.19. The smallest absolute Gasteiger partial charge is 0.180 e. The van der Waals surface area contributed by atoms with Crippen LogP contribution in [0.25, 0.3) is 21.9 Å². The molecule has 0 bridgehead atoms. The molecule has 1 fully saturated rings. The molecule has 4 atom stereocenters. The summed E-state index contributed by atoms with van der Waals surface area (Å²) in [5.74, 6) is 0.799. The van der Waals surface area contributed by atoms with Crippen LogP contribution in [-0.2, 0) is 4.74 Å². The van der Waals surface area contributed by atoms with Crippen molar-refractivity contribution < 1.29 is 24.5 Å². The van der Waals surface area contributed by atoms with Gasteiger partial charge in [-0.1, -0.05) is 13.0 Å². The summed E-state index contributed by atoms with van der Waals surface area (Å²) in [4.78, 5) is 24.6. The van der Waals surface area contributed by atoms with Gasteiger partial charge in [0.15, 0.2) is 12.0 Å². The van der Waals surface area contributed by atoms with Crippen LogP contribution in [0.3, 0.4) is 0 Å². The quantitative estimate of drug-likeness (QED) is 0.375. The fourth-order valence-electron chi connectivity index (χ4n) is 3.99. The zero-order chi connectivity index (χ0) is 23.1. The molecule has 33 heavy (non-hydrogen) atoms. The molecular weight excluding hydrogens is 426 g/mol. The first-order chi connectivity index (χ1) is 16.0. The van der Waals surface area contributed by atoms with Gasteiger partial charge in [-0.2, -0.15) is 0 Å². The minimum absolute atomic E-state index is 0.00411. The molecular formula is C23H23N5O5. The molecule has 4 N–H and O–H groups in total. The van der Waals surface area contributed by atoms with Gasteiger partial charge < -0.3 is 30.0 Å². The van der Waals surface area contributed by atoms with Crippen LogP contribution < -0.4 is 10.5 Å². The van der Waals surface area contributed by atoms with Crippen molar-refractivity contribution in [2.24, 2.45) is 0 Å². The molecule has 1 aliphatic heterocycles. The predicted octanol–water partition coefficient (Wildman–Crippen LogP) is 1.85. The number of hydrogen-bond acceptors (Lipinski definition) is 9. The van der Waals surface area contributed by atoms with E-state index in [-0.39, 0.29) is 12.4 Å². The molecule has 0 amide bonds. The van der Waals surface area contributed by atoms with Crippen molar-refractivity contribution >= 4 is 33.5 Å². The lowest BCUT2D eigenvalue weighted by molar-refractivity contribution is -0.0471. The van der Waals surface area contributed by atoms with Crippen LogP contribution >= 0.6 is 0 Å². The van der Waals surface area contributed by atoms with E-state index < -0.39 is 24.5 Å². The van der Waals surface area contributed by atoms with E-state index in [0.29, 0.717) is 40.2 Å². The van der Waals surface area contributed by atoms with E-state index in [2.05, 4.69) is 15.0 Å². The second kappa shape index (κ2) is 8.39. The highest BCUT2D eigenvalue weighted by atomic mass is 16.6. The molecule has 10 heteroatoms. The highest BCUT2D eigenvalue weighted by Gasteiger charge is 2.44. The first kappa shape index (κ1) is 21.3. The van der Waals surface area contributed by atoms with E-state index in [1.807, 2.05) is 12.1 Å². The predicted molar refractivity (Wildman–Crippen MR) is 120 cm³/mol. The van der Waals surface area contributed by atoms with Gasteiger partial charge in [0.1, 0.15) is 54.2 Å². The average molecular weight is 449 g/mol. The van der Waals surface area contributed by atoms with Crippen molar-refractivity contribution in [2.75, 3.05) is 12.3 Å². The van der Waals surface area contributed by atoms with Gasteiger partial charge in [-0.25, -0.2) is 15.0 Å². The Hall–Kier alpha value is -3.60. The Bertz CT molecular complexity index is 1340. The number of aromatic nitrogens is 4. The van der Waals surface area contributed by atoms with E-state index in [4.69, 9.17) is 15.2 Å². The summed E-state index contributed by atoms with van der Waals surface area (Å²) in [5.41, 5.74) is 7.42. The van der Waals surface area contributed by atoms with Gasteiger partial charge in [0.25, 0.3) is 0 Å². The highest BCUT2D eigenvalue weighted by Crippen LogP contribution is 2.33. The third kappa shape index (κ3) is 3.78.